The fourth-order valence-corrected chi connectivity index (χ4v) is 0.941. The lowest BCUT2D eigenvalue weighted by Gasteiger charge is -1.88. The molecule has 3 nitrogen and oxygen atoms in total. The van der Waals surface area contributed by atoms with Crippen LogP contribution in [-0.4, -0.2) is 11.2 Å². The van der Waals surface area contributed by atoms with Crippen LogP contribution in [0.1, 0.15) is 5.56 Å². The van der Waals surface area contributed by atoms with Gasteiger partial charge in [0.25, 0.3) is 0 Å². The highest BCUT2D eigenvalue weighted by atomic mass is 79.9. The number of alkyl halides is 1. The van der Waals surface area contributed by atoms with Gasteiger partial charge in [0.1, 0.15) is 0 Å². The lowest BCUT2D eigenvalue weighted by Crippen LogP contribution is -2.03. The SMILES string of the molecule is BrCc1ccccc1.NC(=O)O. The number of carboxylic acid groups (broad SMARTS) is 1. The molecular formula is C8H10BrNO2. The Hall–Kier alpha value is -1.03. The second-order valence-electron chi connectivity index (χ2n) is 1.96. The standard InChI is InChI=1S/C7H7Br.CH3NO2/c8-6-7-4-2-1-3-5-7;2-1(3)4/h1-5H,6H2;2H2,(H,3,4). The van der Waals surface area contributed by atoms with E-state index in [-0.39, 0.29) is 0 Å². The maximum Gasteiger partial charge on any atom is 0.402 e. The van der Waals surface area contributed by atoms with Crippen molar-refractivity contribution in [1.82, 2.24) is 0 Å². The van der Waals surface area contributed by atoms with Crippen molar-refractivity contribution in [2.24, 2.45) is 5.73 Å². The zero-order chi connectivity index (χ0) is 9.40. The second kappa shape index (κ2) is 6.67. The number of amides is 1. The van der Waals surface area contributed by atoms with Crippen molar-refractivity contribution in [2.75, 3.05) is 0 Å². The summed E-state index contributed by atoms with van der Waals surface area (Å²) in [6.07, 6.45) is -1.33. The molecule has 66 valence electrons. The maximum absolute atomic E-state index is 8.78. The van der Waals surface area contributed by atoms with Gasteiger partial charge in [-0.2, -0.15) is 0 Å². The lowest BCUT2D eigenvalue weighted by atomic mass is 10.2. The highest BCUT2D eigenvalue weighted by Crippen LogP contribution is 2.02. The second-order valence-corrected chi connectivity index (χ2v) is 2.52. The third-order valence-electron chi connectivity index (χ3n) is 0.997. The molecule has 1 amide bonds. The average Bonchev–Trinajstić information content (AvgIpc) is 2.05. The van der Waals surface area contributed by atoms with Gasteiger partial charge in [0.05, 0.1) is 0 Å². The van der Waals surface area contributed by atoms with Gasteiger partial charge in [-0.1, -0.05) is 46.3 Å². The van der Waals surface area contributed by atoms with Crippen LogP contribution in [0.5, 0.6) is 0 Å². The van der Waals surface area contributed by atoms with Crippen molar-refractivity contribution in [1.29, 1.82) is 0 Å². The number of carbonyl (C=O) groups is 1. The fourth-order valence-electron chi connectivity index (χ4n) is 0.567. The lowest BCUT2D eigenvalue weighted by molar-refractivity contribution is 0.205. The highest BCUT2D eigenvalue weighted by Gasteiger charge is 1.81. The molecule has 12 heavy (non-hydrogen) atoms. The number of nitrogens with two attached hydrogens (primary N) is 1. The van der Waals surface area contributed by atoms with Gasteiger partial charge in [-0.15, -0.1) is 0 Å². The zero-order valence-electron chi connectivity index (χ0n) is 6.40. The van der Waals surface area contributed by atoms with E-state index in [0.29, 0.717) is 0 Å². The molecule has 0 aromatic heterocycles. The van der Waals surface area contributed by atoms with Crippen molar-refractivity contribution in [2.45, 2.75) is 5.33 Å². The van der Waals surface area contributed by atoms with Gasteiger partial charge in [0, 0.05) is 5.33 Å². The first-order chi connectivity index (χ1) is 5.66. The largest absolute Gasteiger partial charge is 0.465 e. The van der Waals surface area contributed by atoms with Gasteiger partial charge in [-0.25, -0.2) is 4.79 Å². The van der Waals surface area contributed by atoms with Crippen LogP contribution >= 0.6 is 15.9 Å². The third kappa shape index (κ3) is 7.08. The topological polar surface area (TPSA) is 63.3 Å². The molecule has 4 heteroatoms. The maximum atomic E-state index is 8.78. The average molecular weight is 232 g/mol. The van der Waals surface area contributed by atoms with Crippen molar-refractivity contribution >= 4 is 22.0 Å². The van der Waals surface area contributed by atoms with E-state index in [2.05, 4.69) is 33.8 Å². The first-order valence-electron chi connectivity index (χ1n) is 3.25. The minimum absolute atomic E-state index is 0.952. The Bertz CT molecular complexity index is 222. The minimum atomic E-state index is -1.33. The molecule has 0 unspecified atom stereocenters. The molecule has 0 bridgehead atoms. The summed E-state index contributed by atoms with van der Waals surface area (Å²) in [6.45, 7) is 0. The summed E-state index contributed by atoms with van der Waals surface area (Å²) < 4.78 is 0. The molecule has 3 N–H and O–H groups in total. The van der Waals surface area contributed by atoms with Crippen molar-refractivity contribution in [3.63, 3.8) is 0 Å². The van der Waals surface area contributed by atoms with Crippen LogP contribution in [0.15, 0.2) is 30.3 Å². The Morgan fingerprint density at radius 2 is 1.83 bits per heavy atom. The highest BCUT2D eigenvalue weighted by molar-refractivity contribution is 9.08. The van der Waals surface area contributed by atoms with E-state index in [1.807, 2.05) is 18.2 Å². The van der Waals surface area contributed by atoms with Crippen molar-refractivity contribution < 1.29 is 9.90 Å². The quantitative estimate of drug-likeness (QED) is 0.729. The van der Waals surface area contributed by atoms with E-state index < -0.39 is 6.09 Å². The zero-order valence-corrected chi connectivity index (χ0v) is 7.99. The fraction of sp³-hybridized carbons (Fsp3) is 0.125. The van der Waals surface area contributed by atoms with Crippen LogP contribution in [0.4, 0.5) is 4.79 Å². The Balaban J connectivity index is 0.000000261. The molecule has 0 atom stereocenters. The first kappa shape index (κ1) is 11.0. The summed E-state index contributed by atoms with van der Waals surface area (Å²) in [5.41, 5.74) is 5.35. The Kier molecular flexibility index (Phi) is 6.09. The van der Waals surface area contributed by atoms with Crippen LogP contribution in [0.25, 0.3) is 0 Å². The molecule has 1 aromatic rings. The number of halogens is 1. The van der Waals surface area contributed by atoms with Crippen LogP contribution in [0.3, 0.4) is 0 Å². The van der Waals surface area contributed by atoms with Gasteiger partial charge in [0.2, 0.25) is 0 Å². The number of rotatable bonds is 1. The van der Waals surface area contributed by atoms with Gasteiger partial charge < -0.3 is 10.8 Å². The smallest absolute Gasteiger partial charge is 0.402 e. The minimum Gasteiger partial charge on any atom is -0.465 e. The molecule has 0 saturated carbocycles. The van der Waals surface area contributed by atoms with E-state index >= 15 is 0 Å². The molecule has 0 radical (unpaired) electrons. The summed E-state index contributed by atoms with van der Waals surface area (Å²) in [5.74, 6) is 0. The molecule has 0 saturated heterocycles. The van der Waals surface area contributed by atoms with Crippen LogP contribution < -0.4 is 5.73 Å². The molecule has 0 aliphatic rings. The van der Waals surface area contributed by atoms with E-state index in [9.17, 15) is 0 Å². The van der Waals surface area contributed by atoms with Crippen LogP contribution in [0, 0.1) is 0 Å². The van der Waals surface area contributed by atoms with Crippen LogP contribution in [0.2, 0.25) is 0 Å². The summed E-state index contributed by atoms with van der Waals surface area (Å²) in [7, 11) is 0. The predicted octanol–water partition coefficient (Wildman–Crippen LogP) is 2.20. The van der Waals surface area contributed by atoms with E-state index in [0.717, 1.165) is 5.33 Å². The molecule has 1 aromatic carbocycles. The van der Waals surface area contributed by atoms with Gasteiger partial charge in [0.15, 0.2) is 0 Å². The van der Waals surface area contributed by atoms with E-state index in [1.165, 1.54) is 5.56 Å². The first-order valence-corrected chi connectivity index (χ1v) is 4.37. The van der Waals surface area contributed by atoms with E-state index in [4.69, 9.17) is 9.90 Å². The number of benzene rings is 1. The van der Waals surface area contributed by atoms with Crippen molar-refractivity contribution in [3.8, 4) is 0 Å². The normalized spacial score (nSPS) is 8.08. The van der Waals surface area contributed by atoms with Crippen LogP contribution in [-0.2, 0) is 5.33 Å². The molecule has 0 heterocycles. The third-order valence-corrected chi connectivity index (χ3v) is 1.64. The van der Waals surface area contributed by atoms with E-state index in [1.54, 1.807) is 0 Å². The summed E-state index contributed by atoms with van der Waals surface area (Å²) >= 11 is 3.36. The van der Waals surface area contributed by atoms with Gasteiger partial charge in [-0.3, -0.25) is 0 Å². The number of hydrogen-bond donors (Lipinski definition) is 2. The summed E-state index contributed by atoms with van der Waals surface area (Å²) in [5, 5.41) is 8.15. The molecular weight excluding hydrogens is 222 g/mol. The Morgan fingerprint density at radius 3 is 2.08 bits per heavy atom. The molecule has 0 aliphatic heterocycles. The predicted molar refractivity (Wildman–Crippen MR) is 51.3 cm³/mol. The Morgan fingerprint density at radius 1 is 1.42 bits per heavy atom. The number of primary amides is 1. The summed E-state index contributed by atoms with van der Waals surface area (Å²) in [4.78, 5) is 8.78. The molecule has 1 rings (SSSR count). The molecule has 0 fully saturated rings. The van der Waals surface area contributed by atoms with Crippen molar-refractivity contribution in [3.05, 3.63) is 35.9 Å². The summed E-state index contributed by atoms with van der Waals surface area (Å²) in [6, 6.07) is 10.3. The monoisotopic (exact) mass is 231 g/mol. The molecule has 0 aliphatic carbocycles. The van der Waals surface area contributed by atoms with Gasteiger partial charge in [-0.05, 0) is 5.56 Å². The molecule has 0 spiro atoms. The van der Waals surface area contributed by atoms with Gasteiger partial charge >= 0.3 is 6.09 Å². The number of hydrogen-bond acceptors (Lipinski definition) is 1. The Labute approximate surface area is 79.3 Å².